The van der Waals surface area contributed by atoms with E-state index in [-0.39, 0.29) is 0 Å². The fourth-order valence-corrected chi connectivity index (χ4v) is 2.02. The molecule has 0 amide bonds. The van der Waals surface area contributed by atoms with Crippen LogP contribution in [0.5, 0.6) is 0 Å². The standard InChI is InChI=1S/C10H10N6S/c17-10(14-4-1-11-7-14,15-5-2-12-8-15)16-6-3-13-9-16/h1-9,17H/p-1. The van der Waals surface area contributed by atoms with Gasteiger partial charge in [-0.2, -0.15) is 0 Å². The van der Waals surface area contributed by atoms with Crippen molar-refractivity contribution in [2.75, 3.05) is 0 Å². The van der Waals surface area contributed by atoms with E-state index >= 15 is 0 Å². The Morgan fingerprint density at radius 3 is 1.29 bits per heavy atom. The molecule has 0 aliphatic heterocycles. The van der Waals surface area contributed by atoms with Crippen LogP contribution < -0.4 is 0 Å². The second-order valence-corrected chi connectivity index (χ2v) is 4.03. The molecule has 3 rings (SSSR count). The summed E-state index contributed by atoms with van der Waals surface area (Å²) in [6.45, 7) is 0. The quantitative estimate of drug-likeness (QED) is 0.630. The van der Waals surface area contributed by atoms with Crippen molar-refractivity contribution in [3.63, 3.8) is 0 Å². The Balaban J connectivity index is 2.21. The lowest BCUT2D eigenvalue weighted by Gasteiger charge is -2.44. The van der Waals surface area contributed by atoms with E-state index in [2.05, 4.69) is 15.0 Å². The van der Waals surface area contributed by atoms with Crippen LogP contribution in [0.4, 0.5) is 0 Å². The molecule has 3 aromatic rings. The minimum atomic E-state index is -0.885. The van der Waals surface area contributed by atoms with Gasteiger partial charge in [0.15, 0.2) is 0 Å². The summed E-state index contributed by atoms with van der Waals surface area (Å²) in [6.07, 6.45) is 15.5. The van der Waals surface area contributed by atoms with Crippen LogP contribution in [0, 0.1) is 0 Å². The molecular formula is C10H9N6S-. The number of hydrogen-bond donors (Lipinski definition) is 0. The third-order valence-corrected chi connectivity index (χ3v) is 3.15. The van der Waals surface area contributed by atoms with Crippen LogP contribution in [0.3, 0.4) is 0 Å². The number of nitrogens with zero attached hydrogens (tertiary/aromatic N) is 6. The Morgan fingerprint density at radius 2 is 1.06 bits per heavy atom. The maximum absolute atomic E-state index is 5.73. The van der Waals surface area contributed by atoms with Crippen LogP contribution in [0.1, 0.15) is 0 Å². The first-order valence-corrected chi connectivity index (χ1v) is 5.38. The van der Waals surface area contributed by atoms with Crippen LogP contribution in [-0.4, -0.2) is 28.7 Å². The van der Waals surface area contributed by atoms with E-state index in [4.69, 9.17) is 12.6 Å². The summed E-state index contributed by atoms with van der Waals surface area (Å²) >= 11 is 5.73. The zero-order chi connectivity index (χ0) is 11.7. The molecule has 6 nitrogen and oxygen atoms in total. The Morgan fingerprint density at radius 1 is 0.706 bits per heavy atom. The fraction of sp³-hybridized carbons (Fsp3) is 0.100. The van der Waals surface area contributed by atoms with Crippen LogP contribution >= 0.6 is 0 Å². The van der Waals surface area contributed by atoms with Crippen molar-refractivity contribution in [2.45, 2.75) is 5.12 Å². The van der Waals surface area contributed by atoms with E-state index < -0.39 is 5.12 Å². The van der Waals surface area contributed by atoms with Crippen molar-refractivity contribution < 1.29 is 0 Å². The van der Waals surface area contributed by atoms with Crippen molar-refractivity contribution in [3.05, 3.63) is 56.2 Å². The normalized spacial score (nSPS) is 11.8. The highest BCUT2D eigenvalue weighted by atomic mass is 32.1. The summed E-state index contributed by atoms with van der Waals surface area (Å²) in [6, 6.07) is 0. The van der Waals surface area contributed by atoms with Gasteiger partial charge in [0.25, 0.3) is 0 Å². The number of imidazole rings is 3. The summed E-state index contributed by atoms with van der Waals surface area (Å²) in [5.74, 6) is 0. The smallest absolute Gasteiger partial charge is 0.0963 e. The molecule has 0 aliphatic rings. The Hall–Kier alpha value is -2.02. The predicted molar refractivity (Wildman–Crippen MR) is 62.8 cm³/mol. The Kier molecular flexibility index (Phi) is 2.25. The zero-order valence-corrected chi connectivity index (χ0v) is 9.60. The van der Waals surface area contributed by atoms with Crippen molar-refractivity contribution >= 4 is 12.6 Å². The highest BCUT2D eigenvalue weighted by molar-refractivity contribution is 7.59. The molecule has 0 saturated carbocycles. The molecule has 0 unspecified atom stereocenters. The fourth-order valence-electron chi connectivity index (χ4n) is 1.69. The Labute approximate surface area is 103 Å². The maximum Gasteiger partial charge on any atom is 0.0963 e. The van der Waals surface area contributed by atoms with E-state index in [1.165, 1.54) is 0 Å². The lowest BCUT2D eigenvalue weighted by atomic mass is 10.6. The number of aromatic nitrogens is 6. The molecule has 17 heavy (non-hydrogen) atoms. The molecule has 3 aromatic heterocycles. The van der Waals surface area contributed by atoms with Gasteiger partial charge in [-0.3, -0.25) is 0 Å². The van der Waals surface area contributed by atoms with Crippen molar-refractivity contribution in [1.82, 2.24) is 28.7 Å². The van der Waals surface area contributed by atoms with Gasteiger partial charge in [-0.25, -0.2) is 15.0 Å². The van der Waals surface area contributed by atoms with Gasteiger partial charge >= 0.3 is 0 Å². The van der Waals surface area contributed by atoms with Crippen molar-refractivity contribution in [3.8, 4) is 0 Å². The van der Waals surface area contributed by atoms with E-state index in [9.17, 15) is 0 Å². The minimum Gasteiger partial charge on any atom is -0.718 e. The highest BCUT2D eigenvalue weighted by Crippen LogP contribution is 2.19. The highest BCUT2D eigenvalue weighted by Gasteiger charge is 2.20. The molecule has 0 bridgehead atoms. The third kappa shape index (κ3) is 1.47. The second kappa shape index (κ2) is 3.77. The first-order valence-electron chi connectivity index (χ1n) is 4.97. The number of hydrogen-bond acceptors (Lipinski definition) is 4. The molecule has 0 aromatic carbocycles. The second-order valence-electron chi connectivity index (χ2n) is 3.48. The van der Waals surface area contributed by atoms with Gasteiger partial charge in [-0.05, 0) is 0 Å². The van der Waals surface area contributed by atoms with Crippen molar-refractivity contribution in [2.24, 2.45) is 0 Å². The van der Waals surface area contributed by atoms with Gasteiger partial charge in [0.1, 0.15) is 0 Å². The monoisotopic (exact) mass is 245 g/mol. The largest absolute Gasteiger partial charge is 0.718 e. The maximum atomic E-state index is 5.73. The topological polar surface area (TPSA) is 53.5 Å². The molecule has 0 fully saturated rings. The molecular weight excluding hydrogens is 236 g/mol. The average molecular weight is 245 g/mol. The van der Waals surface area contributed by atoms with E-state index in [0.29, 0.717) is 0 Å². The molecule has 3 heterocycles. The predicted octanol–water partition coefficient (Wildman–Crippen LogP) is 0.487. The van der Waals surface area contributed by atoms with Crippen LogP contribution in [0.25, 0.3) is 0 Å². The van der Waals surface area contributed by atoms with Crippen molar-refractivity contribution in [1.29, 1.82) is 0 Å². The van der Waals surface area contributed by atoms with E-state index in [1.54, 1.807) is 37.6 Å². The van der Waals surface area contributed by atoms with Gasteiger partial charge in [0.05, 0.1) is 24.1 Å². The van der Waals surface area contributed by atoms with Gasteiger partial charge in [0.2, 0.25) is 0 Å². The Bertz CT molecular complexity index is 484. The molecule has 0 N–H and O–H groups in total. The SMILES string of the molecule is [S-]C(n1ccnc1)(n1ccnc1)n1ccnc1. The molecule has 7 heteroatoms. The van der Waals surface area contributed by atoms with Crippen LogP contribution in [0.2, 0.25) is 0 Å². The number of rotatable bonds is 3. The summed E-state index contributed by atoms with van der Waals surface area (Å²) in [5, 5.41) is -0.885. The lowest BCUT2D eigenvalue weighted by molar-refractivity contribution is 0.315. The van der Waals surface area contributed by atoms with E-state index in [1.807, 2.05) is 32.3 Å². The molecule has 86 valence electrons. The molecule has 0 saturated heterocycles. The van der Waals surface area contributed by atoms with E-state index in [0.717, 1.165) is 0 Å². The molecule has 0 atom stereocenters. The minimum absolute atomic E-state index is 0.885. The van der Waals surface area contributed by atoms with Gasteiger partial charge in [-0.1, -0.05) is 0 Å². The summed E-state index contributed by atoms with van der Waals surface area (Å²) in [5.41, 5.74) is 0. The van der Waals surface area contributed by atoms with Gasteiger partial charge in [-0.15, -0.1) is 0 Å². The summed E-state index contributed by atoms with van der Waals surface area (Å²) < 4.78 is 5.43. The molecule has 0 spiro atoms. The van der Waals surface area contributed by atoms with Crippen LogP contribution in [0.15, 0.2) is 56.2 Å². The molecule has 0 radical (unpaired) electrons. The van der Waals surface area contributed by atoms with Gasteiger partial charge in [0, 0.05) is 37.2 Å². The summed E-state index contributed by atoms with van der Waals surface area (Å²) in [7, 11) is 0. The van der Waals surface area contributed by atoms with Gasteiger partial charge < -0.3 is 26.3 Å². The molecule has 0 aliphatic carbocycles. The zero-order valence-electron chi connectivity index (χ0n) is 8.79. The summed E-state index contributed by atoms with van der Waals surface area (Å²) in [4.78, 5) is 12.1. The lowest BCUT2D eigenvalue weighted by Crippen LogP contribution is -2.44. The first-order chi connectivity index (χ1) is 8.32. The van der Waals surface area contributed by atoms with Crippen LogP contribution in [-0.2, 0) is 17.7 Å². The first kappa shape index (κ1) is 10.2. The third-order valence-electron chi connectivity index (χ3n) is 2.52. The average Bonchev–Trinajstić information content (AvgIpc) is 3.10.